The summed E-state index contributed by atoms with van der Waals surface area (Å²) in [5, 5.41) is 5.24. The molecule has 0 spiro atoms. The summed E-state index contributed by atoms with van der Waals surface area (Å²) in [4.78, 5) is 9.90. The van der Waals surface area contributed by atoms with Gasteiger partial charge in [0.2, 0.25) is 0 Å². The van der Waals surface area contributed by atoms with Gasteiger partial charge in [-0.05, 0) is 38.1 Å². The van der Waals surface area contributed by atoms with Crippen molar-refractivity contribution in [3.8, 4) is 0 Å². The largest absolute Gasteiger partial charge is 0.377 e. The van der Waals surface area contributed by atoms with E-state index in [9.17, 15) is 0 Å². The number of nitrogens with one attached hydrogen (secondary N) is 1. The summed E-state index contributed by atoms with van der Waals surface area (Å²) in [6.45, 7) is 4.17. The Bertz CT molecular complexity index is 754. The number of anilines is 1. The number of hydrogen-bond acceptors (Lipinski definition) is 4. The van der Waals surface area contributed by atoms with Crippen molar-refractivity contribution in [1.29, 1.82) is 0 Å². The predicted molar refractivity (Wildman–Crippen MR) is 85.6 cm³/mol. The van der Waals surface area contributed by atoms with Crippen molar-refractivity contribution in [2.24, 2.45) is 0 Å². The quantitative estimate of drug-likeness (QED) is 0.753. The SMILES string of the molecule is Cc1ncsc1C(C)Nc1ccc(Cl)c2ncccc12. The molecule has 0 radical (unpaired) electrons. The van der Waals surface area contributed by atoms with Crippen molar-refractivity contribution in [3.63, 3.8) is 0 Å². The van der Waals surface area contributed by atoms with E-state index < -0.39 is 0 Å². The first-order valence-corrected chi connectivity index (χ1v) is 7.62. The maximum absolute atomic E-state index is 6.19. The molecule has 20 heavy (non-hydrogen) atoms. The fourth-order valence-electron chi connectivity index (χ4n) is 2.29. The van der Waals surface area contributed by atoms with Gasteiger partial charge in [0.1, 0.15) is 0 Å². The van der Waals surface area contributed by atoms with Crippen LogP contribution in [0.1, 0.15) is 23.5 Å². The Morgan fingerprint density at radius 3 is 2.85 bits per heavy atom. The Labute approximate surface area is 126 Å². The molecule has 1 atom stereocenters. The highest BCUT2D eigenvalue weighted by molar-refractivity contribution is 7.09. The van der Waals surface area contributed by atoms with Crippen LogP contribution in [0.3, 0.4) is 0 Å². The zero-order valence-electron chi connectivity index (χ0n) is 11.2. The Hall–Kier alpha value is -1.65. The number of fused-ring (bicyclic) bond motifs is 1. The Balaban J connectivity index is 1.99. The molecule has 2 aromatic heterocycles. The lowest BCUT2D eigenvalue weighted by atomic mass is 10.1. The third kappa shape index (κ3) is 2.37. The summed E-state index contributed by atoms with van der Waals surface area (Å²) in [6.07, 6.45) is 1.76. The molecule has 0 aliphatic carbocycles. The third-order valence-electron chi connectivity index (χ3n) is 3.27. The number of aromatic nitrogens is 2. The van der Waals surface area contributed by atoms with Gasteiger partial charge < -0.3 is 5.32 Å². The Kier molecular flexibility index (Phi) is 3.59. The van der Waals surface area contributed by atoms with Gasteiger partial charge in [-0.25, -0.2) is 4.98 Å². The van der Waals surface area contributed by atoms with Crippen LogP contribution >= 0.6 is 22.9 Å². The van der Waals surface area contributed by atoms with E-state index in [0.29, 0.717) is 5.02 Å². The minimum Gasteiger partial charge on any atom is -0.377 e. The van der Waals surface area contributed by atoms with Gasteiger partial charge in [-0.2, -0.15) is 0 Å². The average molecular weight is 304 g/mol. The second-order valence-electron chi connectivity index (χ2n) is 4.66. The molecule has 0 bridgehead atoms. The van der Waals surface area contributed by atoms with Crippen LogP contribution in [0, 0.1) is 6.92 Å². The highest BCUT2D eigenvalue weighted by Crippen LogP contribution is 2.31. The molecular formula is C15H14ClN3S. The molecule has 0 saturated carbocycles. The van der Waals surface area contributed by atoms with Crippen LogP contribution in [0.2, 0.25) is 5.02 Å². The van der Waals surface area contributed by atoms with E-state index in [2.05, 4.69) is 22.2 Å². The van der Waals surface area contributed by atoms with Gasteiger partial charge in [-0.3, -0.25) is 4.98 Å². The number of aryl methyl sites for hydroxylation is 1. The lowest BCUT2D eigenvalue weighted by molar-refractivity contribution is 0.892. The lowest BCUT2D eigenvalue weighted by Crippen LogP contribution is -2.06. The standard InChI is InChI=1S/C15H14ClN3S/c1-9-15(20-8-18-9)10(2)19-13-6-5-12(16)14-11(13)4-3-7-17-14/h3-8,10,19H,1-2H3. The van der Waals surface area contributed by atoms with Crippen LogP contribution in [0.5, 0.6) is 0 Å². The molecule has 0 fully saturated rings. The fourth-order valence-corrected chi connectivity index (χ4v) is 3.31. The van der Waals surface area contributed by atoms with Crippen molar-refractivity contribution in [1.82, 2.24) is 9.97 Å². The summed E-state index contributed by atoms with van der Waals surface area (Å²) in [5.41, 5.74) is 4.82. The molecule has 1 aromatic carbocycles. The molecule has 0 aliphatic heterocycles. The number of benzene rings is 1. The summed E-state index contributed by atoms with van der Waals surface area (Å²) in [7, 11) is 0. The molecule has 1 N–H and O–H groups in total. The zero-order valence-corrected chi connectivity index (χ0v) is 12.8. The number of thiazole rings is 1. The van der Waals surface area contributed by atoms with Gasteiger partial charge in [-0.1, -0.05) is 11.6 Å². The molecular weight excluding hydrogens is 290 g/mol. The van der Waals surface area contributed by atoms with Crippen molar-refractivity contribution in [2.45, 2.75) is 19.9 Å². The van der Waals surface area contributed by atoms with Gasteiger partial charge in [0.05, 0.1) is 27.8 Å². The first-order valence-electron chi connectivity index (χ1n) is 6.36. The maximum atomic E-state index is 6.19. The molecule has 0 saturated heterocycles. The maximum Gasteiger partial charge on any atom is 0.0908 e. The third-order valence-corrected chi connectivity index (χ3v) is 4.69. The van der Waals surface area contributed by atoms with Crippen molar-refractivity contribution in [2.75, 3.05) is 5.32 Å². The van der Waals surface area contributed by atoms with Gasteiger partial charge >= 0.3 is 0 Å². The molecule has 3 rings (SSSR count). The van der Waals surface area contributed by atoms with E-state index in [0.717, 1.165) is 22.3 Å². The smallest absolute Gasteiger partial charge is 0.0908 e. The first-order chi connectivity index (χ1) is 9.66. The monoisotopic (exact) mass is 303 g/mol. The summed E-state index contributed by atoms with van der Waals surface area (Å²) in [5.74, 6) is 0. The molecule has 102 valence electrons. The minimum atomic E-state index is 0.201. The first kappa shape index (κ1) is 13.3. The van der Waals surface area contributed by atoms with Crippen molar-refractivity contribution in [3.05, 3.63) is 51.6 Å². The number of nitrogens with zero attached hydrogens (tertiary/aromatic N) is 2. The van der Waals surface area contributed by atoms with Crippen LogP contribution < -0.4 is 5.32 Å². The lowest BCUT2D eigenvalue weighted by Gasteiger charge is -2.16. The minimum absolute atomic E-state index is 0.201. The van der Waals surface area contributed by atoms with Gasteiger partial charge in [0, 0.05) is 22.1 Å². The topological polar surface area (TPSA) is 37.8 Å². The summed E-state index contributed by atoms with van der Waals surface area (Å²) >= 11 is 7.86. The zero-order chi connectivity index (χ0) is 14.1. The van der Waals surface area contributed by atoms with Gasteiger partial charge in [0.25, 0.3) is 0 Å². The summed E-state index contributed by atoms with van der Waals surface area (Å²) in [6, 6.07) is 8.03. The molecule has 5 heteroatoms. The number of pyridine rings is 1. The highest BCUT2D eigenvalue weighted by Gasteiger charge is 2.13. The van der Waals surface area contributed by atoms with Crippen LogP contribution in [0.25, 0.3) is 10.9 Å². The second-order valence-corrected chi connectivity index (χ2v) is 5.96. The van der Waals surface area contributed by atoms with Crippen molar-refractivity contribution < 1.29 is 0 Å². The van der Waals surface area contributed by atoms with Crippen LogP contribution in [0.4, 0.5) is 5.69 Å². The Morgan fingerprint density at radius 2 is 2.10 bits per heavy atom. The highest BCUT2D eigenvalue weighted by atomic mass is 35.5. The number of hydrogen-bond donors (Lipinski definition) is 1. The van der Waals surface area contributed by atoms with E-state index in [-0.39, 0.29) is 6.04 Å². The van der Waals surface area contributed by atoms with E-state index in [1.54, 1.807) is 17.5 Å². The van der Waals surface area contributed by atoms with E-state index in [1.165, 1.54) is 4.88 Å². The molecule has 2 heterocycles. The second kappa shape index (κ2) is 5.38. The fraction of sp³-hybridized carbons (Fsp3) is 0.200. The predicted octanol–water partition coefficient (Wildman–Crippen LogP) is 4.83. The molecule has 3 aromatic rings. The van der Waals surface area contributed by atoms with Crippen LogP contribution in [0.15, 0.2) is 36.0 Å². The van der Waals surface area contributed by atoms with Crippen molar-refractivity contribution >= 4 is 39.5 Å². The number of halogens is 1. The Morgan fingerprint density at radius 1 is 1.25 bits per heavy atom. The molecule has 0 aliphatic rings. The molecule has 3 nitrogen and oxygen atoms in total. The van der Waals surface area contributed by atoms with Gasteiger partial charge in [0.15, 0.2) is 0 Å². The van der Waals surface area contributed by atoms with E-state index in [1.807, 2.05) is 36.7 Å². The molecule has 0 amide bonds. The average Bonchev–Trinajstić information content (AvgIpc) is 2.88. The summed E-state index contributed by atoms with van der Waals surface area (Å²) < 4.78 is 0. The van der Waals surface area contributed by atoms with E-state index in [4.69, 9.17) is 11.6 Å². The van der Waals surface area contributed by atoms with Crippen LogP contribution in [-0.4, -0.2) is 9.97 Å². The number of rotatable bonds is 3. The van der Waals surface area contributed by atoms with E-state index >= 15 is 0 Å². The molecule has 1 unspecified atom stereocenters. The van der Waals surface area contributed by atoms with Crippen LogP contribution in [-0.2, 0) is 0 Å². The van der Waals surface area contributed by atoms with Gasteiger partial charge in [-0.15, -0.1) is 11.3 Å². The normalized spacial score (nSPS) is 12.6.